The van der Waals surface area contributed by atoms with Crippen LogP contribution in [0.15, 0.2) is 12.7 Å². The van der Waals surface area contributed by atoms with Gasteiger partial charge in [0.2, 0.25) is 0 Å². The van der Waals surface area contributed by atoms with Gasteiger partial charge in [0.25, 0.3) is 0 Å². The summed E-state index contributed by atoms with van der Waals surface area (Å²) >= 11 is 0. The molecule has 5 heteroatoms. The third kappa shape index (κ3) is 3.60. The van der Waals surface area contributed by atoms with Crippen molar-refractivity contribution in [2.75, 3.05) is 13.1 Å². The molecule has 1 aromatic heterocycles. The van der Waals surface area contributed by atoms with Gasteiger partial charge in [0.1, 0.15) is 12.7 Å². The molecular weight excluding hydrogens is 190 g/mol. The van der Waals surface area contributed by atoms with Crippen LogP contribution in [0.25, 0.3) is 0 Å². The van der Waals surface area contributed by atoms with Gasteiger partial charge < -0.3 is 11.1 Å². The topological polar surface area (TPSA) is 68.8 Å². The molecule has 0 fully saturated rings. The largest absolute Gasteiger partial charge is 0.329 e. The highest BCUT2D eigenvalue weighted by Crippen LogP contribution is 2.03. The van der Waals surface area contributed by atoms with Crippen molar-refractivity contribution in [2.24, 2.45) is 11.7 Å². The molecular formula is C10H21N5. The van der Waals surface area contributed by atoms with Crippen molar-refractivity contribution in [1.29, 1.82) is 0 Å². The maximum atomic E-state index is 5.68. The lowest BCUT2D eigenvalue weighted by Crippen LogP contribution is -2.42. The molecule has 0 aromatic carbocycles. The van der Waals surface area contributed by atoms with E-state index in [1.807, 2.05) is 4.68 Å². The number of nitrogens with zero attached hydrogens (tertiary/aromatic N) is 3. The summed E-state index contributed by atoms with van der Waals surface area (Å²) in [5, 5.41) is 7.54. The van der Waals surface area contributed by atoms with E-state index < -0.39 is 0 Å². The Labute approximate surface area is 91.1 Å². The maximum Gasteiger partial charge on any atom is 0.137 e. The summed E-state index contributed by atoms with van der Waals surface area (Å²) in [4.78, 5) is 3.93. The van der Waals surface area contributed by atoms with Gasteiger partial charge in [0.05, 0.1) is 6.04 Å². The average Bonchev–Trinajstić information content (AvgIpc) is 2.70. The van der Waals surface area contributed by atoms with Crippen LogP contribution in [0.4, 0.5) is 0 Å². The third-order valence-electron chi connectivity index (χ3n) is 2.62. The maximum absolute atomic E-state index is 5.68. The molecule has 0 bridgehead atoms. The molecule has 2 unspecified atom stereocenters. The fourth-order valence-corrected chi connectivity index (χ4v) is 1.45. The van der Waals surface area contributed by atoms with Gasteiger partial charge in [-0.05, 0) is 12.8 Å². The normalized spacial score (nSPS) is 15.5. The molecule has 0 aliphatic carbocycles. The van der Waals surface area contributed by atoms with Gasteiger partial charge in [-0.2, -0.15) is 5.10 Å². The molecule has 1 rings (SSSR count). The van der Waals surface area contributed by atoms with Crippen LogP contribution < -0.4 is 11.1 Å². The highest BCUT2D eigenvalue weighted by molar-refractivity contribution is 4.74. The molecule has 15 heavy (non-hydrogen) atoms. The first-order chi connectivity index (χ1) is 7.15. The fourth-order valence-electron chi connectivity index (χ4n) is 1.45. The SMILES string of the molecule is CC(C)C(CN)NCC(C)n1cncn1. The molecule has 86 valence electrons. The number of nitrogens with two attached hydrogens (primary N) is 1. The van der Waals surface area contributed by atoms with Crippen LogP contribution in [0, 0.1) is 5.92 Å². The van der Waals surface area contributed by atoms with Crippen LogP contribution in [0.5, 0.6) is 0 Å². The highest BCUT2D eigenvalue weighted by Gasteiger charge is 2.12. The Morgan fingerprint density at radius 1 is 1.40 bits per heavy atom. The molecule has 1 aromatic rings. The number of aromatic nitrogens is 3. The number of hydrogen-bond donors (Lipinski definition) is 2. The summed E-state index contributed by atoms with van der Waals surface area (Å²) < 4.78 is 1.85. The van der Waals surface area contributed by atoms with Crippen LogP contribution in [-0.2, 0) is 0 Å². The Morgan fingerprint density at radius 2 is 2.13 bits per heavy atom. The minimum atomic E-state index is 0.306. The summed E-state index contributed by atoms with van der Waals surface area (Å²) in [5.74, 6) is 0.554. The van der Waals surface area contributed by atoms with Crippen LogP contribution >= 0.6 is 0 Å². The number of hydrogen-bond acceptors (Lipinski definition) is 4. The van der Waals surface area contributed by atoms with E-state index in [0.717, 1.165) is 6.54 Å². The monoisotopic (exact) mass is 211 g/mol. The van der Waals surface area contributed by atoms with Crippen molar-refractivity contribution in [3.05, 3.63) is 12.7 Å². The highest BCUT2D eigenvalue weighted by atomic mass is 15.3. The van der Waals surface area contributed by atoms with E-state index in [2.05, 4.69) is 36.2 Å². The van der Waals surface area contributed by atoms with E-state index in [1.165, 1.54) is 0 Å². The van der Waals surface area contributed by atoms with Crippen molar-refractivity contribution in [2.45, 2.75) is 32.9 Å². The lowest BCUT2D eigenvalue weighted by Gasteiger charge is -2.22. The molecule has 0 saturated heterocycles. The van der Waals surface area contributed by atoms with Gasteiger partial charge in [-0.3, -0.25) is 0 Å². The summed E-state index contributed by atoms with van der Waals surface area (Å²) in [6.45, 7) is 7.98. The quantitative estimate of drug-likeness (QED) is 0.715. The molecule has 0 radical (unpaired) electrons. The molecule has 5 nitrogen and oxygen atoms in total. The fraction of sp³-hybridized carbons (Fsp3) is 0.800. The van der Waals surface area contributed by atoms with Crippen molar-refractivity contribution in [1.82, 2.24) is 20.1 Å². The van der Waals surface area contributed by atoms with Gasteiger partial charge in [-0.25, -0.2) is 9.67 Å². The zero-order valence-corrected chi connectivity index (χ0v) is 9.72. The van der Waals surface area contributed by atoms with E-state index >= 15 is 0 Å². The first-order valence-electron chi connectivity index (χ1n) is 5.42. The standard InChI is InChI=1S/C10H21N5/c1-8(2)10(4-11)13-5-9(3)15-7-12-6-14-15/h6-10,13H,4-5,11H2,1-3H3. The lowest BCUT2D eigenvalue weighted by molar-refractivity contribution is 0.362. The average molecular weight is 211 g/mol. The van der Waals surface area contributed by atoms with Crippen molar-refractivity contribution >= 4 is 0 Å². The second kappa shape index (κ2) is 5.82. The molecule has 2 atom stereocenters. The van der Waals surface area contributed by atoms with E-state index in [-0.39, 0.29) is 0 Å². The predicted octanol–water partition coefficient (Wildman–Crippen LogP) is 0.412. The van der Waals surface area contributed by atoms with Crippen LogP contribution in [0.2, 0.25) is 0 Å². The minimum absolute atomic E-state index is 0.306. The summed E-state index contributed by atoms with van der Waals surface area (Å²) in [5.41, 5.74) is 5.68. The van der Waals surface area contributed by atoms with Crippen molar-refractivity contribution in [3.63, 3.8) is 0 Å². The number of nitrogens with one attached hydrogen (secondary N) is 1. The molecule has 0 saturated carbocycles. The van der Waals surface area contributed by atoms with E-state index in [4.69, 9.17) is 5.73 Å². The first kappa shape index (κ1) is 12.1. The Bertz CT molecular complexity index is 257. The summed E-state index contributed by atoms with van der Waals surface area (Å²) in [6, 6.07) is 0.677. The molecule has 1 heterocycles. The summed E-state index contributed by atoms with van der Waals surface area (Å²) in [7, 11) is 0. The predicted molar refractivity (Wildman–Crippen MR) is 60.4 cm³/mol. The summed E-state index contributed by atoms with van der Waals surface area (Å²) in [6.07, 6.45) is 3.29. The molecule has 0 amide bonds. The van der Waals surface area contributed by atoms with Gasteiger partial charge >= 0.3 is 0 Å². The zero-order chi connectivity index (χ0) is 11.3. The molecule has 0 spiro atoms. The van der Waals surface area contributed by atoms with Crippen LogP contribution in [0.1, 0.15) is 26.8 Å². The Hall–Kier alpha value is -0.940. The van der Waals surface area contributed by atoms with E-state index in [1.54, 1.807) is 12.7 Å². The van der Waals surface area contributed by atoms with E-state index in [0.29, 0.717) is 24.5 Å². The second-order valence-electron chi connectivity index (χ2n) is 4.22. The molecule has 0 aliphatic heterocycles. The molecule has 0 aliphatic rings. The van der Waals surface area contributed by atoms with Gasteiger partial charge in [-0.15, -0.1) is 0 Å². The van der Waals surface area contributed by atoms with Gasteiger partial charge in [0.15, 0.2) is 0 Å². The Morgan fingerprint density at radius 3 is 2.60 bits per heavy atom. The third-order valence-corrected chi connectivity index (χ3v) is 2.62. The van der Waals surface area contributed by atoms with Gasteiger partial charge in [0, 0.05) is 19.1 Å². The lowest BCUT2D eigenvalue weighted by atomic mass is 10.0. The van der Waals surface area contributed by atoms with Crippen LogP contribution in [0.3, 0.4) is 0 Å². The van der Waals surface area contributed by atoms with Crippen molar-refractivity contribution in [3.8, 4) is 0 Å². The second-order valence-corrected chi connectivity index (χ2v) is 4.22. The first-order valence-corrected chi connectivity index (χ1v) is 5.42. The zero-order valence-electron chi connectivity index (χ0n) is 9.72. The van der Waals surface area contributed by atoms with Crippen molar-refractivity contribution < 1.29 is 0 Å². The molecule has 3 N–H and O–H groups in total. The smallest absolute Gasteiger partial charge is 0.137 e. The number of rotatable bonds is 6. The van der Waals surface area contributed by atoms with Crippen LogP contribution in [-0.4, -0.2) is 33.9 Å². The Balaban J connectivity index is 2.36. The van der Waals surface area contributed by atoms with E-state index in [9.17, 15) is 0 Å². The van der Waals surface area contributed by atoms with Gasteiger partial charge in [-0.1, -0.05) is 13.8 Å². The Kier molecular flexibility index (Phi) is 4.71. The minimum Gasteiger partial charge on any atom is -0.329 e.